The Hall–Kier alpha value is -1.89. The van der Waals surface area contributed by atoms with E-state index in [-0.39, 0.29) is 11.4 Å². The molecule has 0 aliphatic carbocycles. The Bertz CT molecular complexity index is 859. The second-order valence-electron chi connectivity index (χ2n) is 5.66. The van der Waals surface area contributed by atoms with Crippen molar-refractivity contribution in [1.29, 1.82) is 0 Å². The predicted octanol–water partition coefficient (Wildman–Crippen LogP) is 3.18. The molecule has 2 rings (SSSR count). The molecule has 1 amide bonds. The molecule has 0 radical (unpaired) electrons. The molecule has 2 aromatic rings. The molecule has 2 aromatic carbocycles. The molecule has 0 aliphatic rings. The van der Waals surface area contributed by atoms with Crippen molar-refractivity contribution in [2.75, 3.05) is 11.9 Å². The van der Waals surface area contributed by atoms with E-state index in [1.165, 1.54) is 18.2 Å². The van der Waals surface area contributed by atoms with Gasteiger partial charge in [0, 0.05) is 10.7 Å². The van der Waals surface area contributed by atoms with Gasteiger partial charge in [0.15, 0.2) is 0 Å². The maximum Gasteiger partial charge on any atom is 0.241 e. The first kappa shape index (κ1) is 18.4. The van der Waals surface area contributed by atoms with Gasteiger partial charge in [-0.3, -0.25) is 4.79 Å². The quantitative estimate of drug-likeness (QED) is 0.853. The van der Waals surface area contributed by atoms with E-state index in [1.54, 1.807) is 6.92 Å². The number of halogens is 1. The highest BCUT2D eigenvalue weighted by Crippen LogP contribution is 2.19. The van der Waals surface area contributed by atoms with E-state index in [0.717, 1.165) is 11.1 Å². The molecule has 0 unspecified atom stereocenters. The molecule has 0 heterocycles. The number of aryl methyl sites for hydroxylation is 3. The summed E-state index contributed by atoms with van der Waals surface area (Å²) in [6.45, 7) is 5.22. The standard InChI is InChI=1S/C17H19ClN2O3S/c1-11-6-12(2)8-14(7-11)20-17(21)10-19-24(22,23)15-4-5-16(18)13(3)9-15/h4-9,19H,10H2,1-3H3,(H,20,21). The van der Waals surface area contributed by atoms with Gasteiger partial charge in [0.05, 0.1) is 11.4 Å². The van der Waals surface area contributed by atoms with E-state index < -0.39 is 15.9 Å². The number of carbonyl (C=O) groups excluding carboxylic acids is 1. The Morgan fingerprint density at radius 2 is 1.67 bits per heavy atom. The molecular weight excluding hydrogens is 348 g/mol. The second-order valence-corrected chi connectivity index (χ2v) is 7.83. The van der Waals surface area contributed by atoms with Crippen molar-refractivity contribution >= 4 is 33.2 Å². The van der Waals surface area contributed by atoms with Gasteiger partial charge in [0.1, 0.15) is 0 Å². The Kier molecular flexibility index (Phi) is 5.64. The van der Waals surface area contributed by atoms with E-state index in [4.69, 9.17) is 11.6 Å². The molecule has 0 fully saturated rings. The predicted molar refractivity (Wildman–Crippen MR) is 95.9 cm³/mol. The first-order valence-corrected chi connectivity index (χ1v) is 9.17. The minimum atomic E-state index is -3.77. The number of rotatable bonds is 5. The summed E-state index contributed by atoms with van der Waals surface area (Å²) in [6.07, 6.45) is 0. The fraction of sp³-hybridized carbons (Fsp3) is 0.235. The number of hydrogen-bond acceptors (Lipinski definition) is 3. The van der Waals surface area contributed by atoms with Crippen molar-refractivity contribution in [2.45, 2.75) is 25.7 Å². The van der Waals surface area contributed by atoms with E-state index >= 15 is 0 Å². The lowest BCUT2D eigenvalue weighted by atomic mass is 10.1. The molecule has 7 heteroatoms. The molecule has 0 spiro atoms. The van der Waals surface area contributed by atoms with Crippen LogP contribution in [0.15, 0.2) is 41.3 Å². The number of hydrogen-bond donors (Lipinski definition) is 2. The van der Waals surface area contributed by atoms with Crippen molar-refractivity contribution in [3.8, 4) is 0 Å². The maximum atomic E-state index is 12.2. The van der Waals surface area contributed by atoms with Gasteiger partial charge in [-0.2, -0.15) is 0 Å². The molecule has 0 aliphatic heterocycles. The van der Waals surface area contributed by atoms with Crippen molar-refractivity contribution in [3.05, 3.63) is 58.1 Å². The summed E-state index contributed by atoms with van der Waals surface area (Å²) in [5.74, 6) is -0.436. The Labute approximate surface area is 147 Å². The third-order valence-electron chi connectivity index (χ3n) is 3.37. The highest BCUT2D eigenvalue weighted by molar-refractivity contribution is 7.89. The average Bonchev–Trinajstić information content (AvgIpc) is 2.47. The molecule has 2 N–H and O–H groups in total. The van der Waals surface area contributed by atoms with Gasteiger partial charge in [-0.1, -0.05) is 17.7 Å². The Balaban J connectivity index is 2.03. The summed E-state index contributed by atoms with van der Waals surface area (Å²) in [5.41, 5.74) is 3.32. The molecule has 0 atom stereocenters. The lowest BCUT2D eigenvalue weighted by Crippen LogP contribution is -2.33. The Morgan fingerprint density at radius 3 is 2.25 bits per heavy atom. The van der Waals surface area contributed by atoms with Crippen molar-refractivity contribution in [1.82, 2.24) is 4.72 Å². The lowest BCUT2D eigenvalue weighted by molar-refractivity contribution is -0.115. The normalized spacial score (nSPS) is 11.3. The highest BCUT2D eigenvalue weighted by atomic mass is 35.5. The molecule has 0 aromatic heterocycles. The van der Waals surface area contributed by atoms with Crippen LogP contribution in [0.5, 0.6) is 0 Å². The monoisotopic (exact) mass is 366 g/mol. The molecule has 5 nitrogen and oxygen atoms in total. The molecule has 128 valence electrons. The number of amides is 1. The number of carbonyl (C=O) groups is 1. The van der Waals surface area contributed by atoms with Gasteiger partial charge in [-0.25, -0.2) is 13.1 Å². The maximum absolute atomic E-state index is 12.2. The average molecular weight is 367 g/mol. The van der Waals surface area contributed by atoms with Crippen LogP contribution in [0.3, 0.4) is 0 Å². The van der Waals surface area contributed by atoms with Crippen LogP contribution in [0.25, 0.3) is 0 Å². The van der Waals surface area contributed by atoms with Crippen molar-refractivity contribution in [2.24, 2.45) is 0 Å². The lowest BCUT2D eigenvalue weighted by Gasteiger charge is -2.10. The van der Waals surface area contributed by atoms with E-state index in [0.29, 0.717) is 16.3 Å². The first-order valence-electron chi connectivity index (χ1n) is 7.31. The van der Waals surface area contributed by atoms with Crippen molar-refractivity contribution < 1.29 is 13.2 Å². The van der Waals surface area contributed by atoms with Gasteiger partial charge in [-0.05, 0) is 67.8 Å². The zero-order valence-electron chi connectivity index (χ0n) is 13.7. The number of nitrogens with one attached hydrogen (secondary N) is 2. The summed E-state index contributed by atoms with van der Waals surface area (Å²) in [7, 11) is -3.77. The van der Waals surface area contributed by atoms with Crippen LogP contribution >= 0.6 is 11.6 Å². The smallest absolute Gasteiger partial charge is 0.241 e. The van der Waals surface area contributed by atoms with E-state index in [2.05, 4.69) is 10.0 Å². The first-order chi connectivity index (χ1) is 11.2. The summed E-state index contributed by atoms with van der Waals surface area (Å²) >= 11 is 5.89. The summed E-state index contributed by atoms with van der Waals surface area (Å²) < 4.78 is 26.7. The summed E-state index contributed by atoms with van der Waals surface area (Å²) in [5, 5.41) is 3.17. The van der Waals surface area contributed by atoms with Crippen LogP contribution < -0.4 is 10.0 Å². The third-order valence-corrected chi connectivity index (χ3v) is 5.19. The van der Waals surface area contributed by atoms with Crippen LogP contribution in [0, 0.1) is 20.8 Å². The fourth-order valence-corrected chi connectivity index (χ4v) is 3.46. The largest absolute Gasteiger partial charge is 0.325 e. The van der Waals surface area contributed by atoms with Crippen LogP contribution in [0.2, 0.25) is 5.02 Å². The molecular formula is C17H19ClN2O3S. The number of anilines is 1. The topological polar surface area (TPSA) is 75.3 Å². The molecule has 0 bridgehead atoms. The van der Waals surface area contributed by atoms with Crippen LogP contribution in [0.1, 0.15) is 16.7 Å². The second kappa shape index (κ2) is 7.34. The van der Waals surface area contributed by atoms with Crippen molar-refractivity contribution in [3.63, 3.8) is 0 Å². The summed E-state index contributed by atoms with van der Waals surface area (Å²) in [4.78, 5) is 12.0. The minimum Gasteiger partial charge on any atom is -0.325 e. The number of sulfonamides is 1. The van der Waals surface area contributed by atoms with Gasteiger partial charge in [-0.15, -0.1) is 0 Å². The molecule has 0 saturated carbocycles. The Morgan fingerprint density at radius 1 is 1.04 bits per heavy atom. The molecule has 24 heavy (non-hydrogen) atoms. The van der Waals surface area contributed by atoms with Crippen LogP contribution in [-0.4, -0.2) is 20.9 Å². The van der Waals surface area contributed by atoms with Crippen LogP contribution in [-0.2, 0) is 14.8 Å². The SMILES string of the molecule is Cc1cc(C)cc(NC(=O)CNS(=O)(=O)c2ccc(Cl)c(C)c2)c1. The van der Waals surface area contributed by atoms with Crippen LogP contribution in [0.4, 0.5) is 5.69 Å². The minimum absolute atomic E-state index is 0.0728. The zero-order valence-corrected chi connectivity index (χ0v) is 15.3. The van der Waals surface area contributed by atoms with E-state index in [1.807, 2.05) is 32.0 Å². The van der Waals surface area contributed by atoms with Gasteiger partial charge in [0.2, 0.25) is 15.9 Å². The fourth-order valence-electron chi connectivity index (χ4n) is 2.28. The van der Waals surface area contributed by atoms with Gasteiger partial charge >= 0.3 is 0 Å². The third kappa shape index (κ3) is 4.80. The zero-order chi connectivity index (χ0) is 17.9. The van der Waals surface area contributed by atoms with Gasteiger partial charge < -0.3 is 5.32 Å². The number of benzene rings is 2. The summed E-state index contributed by atoms with van der Waals surface area (Å²) in [6, 6.07) is 10.0. The van der Waals surface area contributed by atoms with E-state index in [9.17, 15) is 13.2 Å². The molecule has 0 saturated heterocycles. The van der Waals surface area contributed by atoms with Gasteiger partial charge in [0.25, 0.3) is 0 Å². The highest BCUT2D eigenvalue weighted by Gasteiger charge is 2.16.